The van der Waals surface area contributed by atoms with Gasteiger partial charge in [-0.25, -0.2) is 8.42 Å². The predicted octanol–water partition coefficient (Wildman–Crippen LogP) is 1.33. The number of thiophene rings is 1. The van der Waals surface area contributed by atoms with Gasteiger partial charge in [0, 0.05) is 47.9 Å². The number of rotatable bonds is 3. The van der Waals surface area contributed by atoms with Crippen LogP contribution in [0.4, 0.5) is 0 Å². The van der Waals surface area contributed by atoms with Gasteiger partial charge in [-0.05, 0) is 39.2 Å². The average Bonchev–Trinajstić information content (AvgIpc) is 3.12. The van der Waals surface area contributed by atoms with Gasteiger partial charge >= 0.3 is 0 Å². The molecular formula is C16H25N3O3S2. The predicted molar refractivity (Wildman–Crippen MR) is 94.4 cm³/mol. The molecule has 3 rings (SSSR count). The summed E-state index contributed by atoms with van der Waals surface area (Å²) in [6.07, 6.45) is 2.51. The Morgan fingerprint density at radius 3 is 2.38 bits per heavy atom. The summed E-state index contributed by atoms with van der Waals surface area (Å²) in [6, 6.07) is 1.87. The van der Waals surface area contributed by atoms with E-state index in [1.165, 1.54) is 15.6 Å². The monoisotopic (exact) mass is 371 g/mol. The normalized spacial score (nSPS) is 26.0. The summed E-state index contributed by atoms with van der Waals surface area (Å²) >= 11 is 1.50. The van der Waals surface area contributed by atoms with Gasteiger partial charge in [0.15, 0.2) is 0 Å². The number of amides is 1. The van der Waals surface area contributed by atoms with Crippen LogP contribution in [0.2, 0.25) is 0 Å². The number of carbonyl (C=O) groups excluding carboxylic acids is 1. The summed E-state index contributed by atoms with van der Waals surface area (Å²) in [5.74, 6) is 0.160. The van der Waals surface area contributed by atoms with Gasteiger partial charge in [-0.2, -0.15) is 4.31 Å². The molecule has 2 unspecified atom stereocenters. The molecule has 2 fully saturated rings. The van der Waals surface area contributed by atoms with Gasteiger partial charge in [0.2, 0.25) is 15.9 Å². The van der Waals surface area contributed by atoms with Crippen molar-refractivity contribution >= 4 is 27.3 Å². The summed E-state index contributed by atoms with van der Waals surface area (Å²) in [5, 5.41) is 0. The van der Waals surface area contributed by atoms with Crippen LogP contribution in [0.15, 0.2) is 11.0 Å². The van der Waals surface area contributed by atoms with Gasteiger partial charge < -0.3 is 10.6 Å². The third-order valence-electron chi connectivity index (χ3n) is 4.99. The van der Waals surface area contributed by atoms with Crippen LogP contribution < -0.4 is 5.73 Å². The molecule has 1 saturated carbocycles. The first-order chi connectivity index (χ1) is 11.3. The van der Waals surface area contributed by atoms with Crippen molar-refractivity contribution in [3.8, 4) is 0 Å². The number of carbonyl (C=O) groups is 1. The van der Waals surface area contributed by atoms with E-state index < -0.39 is 10.0 Å². The van der Waals surface area contributed by atoms with Crippen LogP contribution in [-0.2, 0) is 14.8 Å². The molecule has 1 aliphatic heterocycles. The lowest BCUT2D eigenvalue weighted by atomic mass is 10.1. The summed E-state index contributed by atoms with van der Waals surface area (Å²) in [5.41, 5.74) is 5.89. The molecule has 2 atom stereocenters. The van der Waals surface area contributed by atoms with Crippen molar-refractivity contribution in [1.82, 2.24) is 9.21 Å². The Bertz CT molecular complexity index is 721. The lowest BCUT2D eigenvalue weighted by molar-refractivity contribution is -0.136. The van der Waals surface area contributed by atoms with Crippen molar-refractivity contribution in [2.75, 3.05) is 26.2 Å². The molecule has 1 aliphatic carbocycles. The minimum atomic E-state index is -3.46. The van der Waals surface area contributed by atoms with Crippen molar-refractivity contribution in [3.05, 3.63) is 15.8 Å². The van der Waals surface area contributed by atoms with E-state index >= 15 is 0 Å². The molecule has 0 aromatic carbocycles. The molecule has 134 valence electrons. The molecule has 0 radical (unpaired) electrons. The first-order valence-electron chi connectivity index (χ1n) is 8.40. The maximum atomic E-state index is 12.8. The fourth-order valence-electron chi connectivity index (χ4n) is 3.65. The van der Waals surface area contributed by atoms with Crippen LogP contribution in [0.3, 0.4) is 0 Å². The third kappa shape index (κ3) is 3.37. The molecular weight excluding hydrogens is 346 g/mol. The molecule has 6 nitrogen and oxygen atoms in total. The third-order valence-corrected chi connectivity index (χ3v) is 8.11. The highest BCUT2D eigenvalue weighted by molar-refractivity contribution is 7.89. The van der Waals surface area contributed by atoms with Crippen LogP contribution in [0.5, 0.6) is 0 Å². The number of nitrogens with zero attached hydrogens (tertiary/aromatic N) is 2. The lowest BCUT2D eigenvalue weighted by Gasteiger charge is -2.35. The van der Waals surface area contributed by atoms with E-state index in [1.807, 2.05) is 13.8 Å². The topological polar surface area (TPSA) is 83.7 Å². The molecule has 1 aromatic rings. The van der Waals surface area contributed by atoms with Crippen molar-refractivity contribution in [3.63, 3.8) is 0 Å². The first-order valence-corrected chi connectivity index (χ1v) is 10.7. The molecule has 8 heteroatoms. The second kappa shape index (κ2) is 6.74. The van der Waals surface area contributed by atoms with E-state index in [0.717, 1.165) is 29.0 Å². The zero-order valence-corrected chi connectivity index (χ0v) is 15.8. The van der Waals surface area contributed by atoms with Crippen molar-refractivity contribution in [1.29, 1.82) is 0 Å². The quantitative estimate of drug-likeness (QED) is 0.869. The SMILES string of the molecule is Cc1cc(S(=O)(=O)N2CCN(C(=O)C3CCC(N)C3)CC2)c(C)s1. The summed E-state index contributed by atoms with van der Waals surface area (Å²) in [4.78, 5) is 16.6. The summed E-state index contributed by atoms with van der Waals surface area (Å²) in [7, 11) is -3.46. The van der Waals surface area contributed by atoms with E-state index in [2.05, 4.69) is 0 Å². The Balaban J connectivity index is 1.64. The number of piperazine rings is 1. The van der Waals surface area contributed by atoms with Crippen LogP contribution in [0.1, 0.15) is 29.0 Å². The Morgan fingerprint density at radius 2 is 1.88 bits per heavy atom. The molecule has 0 bridgehead atoms. The van der Waals surface area contributed by atoms with E-state index in [-0.39, 0.29) is 17.9 Å². The Kier molecular flexibility index (Phi) is 5.01. The number of aryl methyl sites for hydroxylation is 2. The molecule has 0 spiro atoms. The highest BCUT2D eigenvalue weighted by Crippen LogP contribution is 2.29. The largest absolute Gasteiger partial charge is 0.340 e. The molecule has 1 saturated heterocycles. The molecule has 1 amide bonds. The van der Waals surface area contributed by atoms with Crippen LogP contribution in [0.25, 0.3) is 0 Å². The van der Waals surface area contributed by atoms with Crippen LogP contribution in [-0.4, -0.2) is 55.8 Å². The number of hydrogen-bond donors (Lipinski definition) is 1. The van der Waals surface area contributed by atoms with E-state index in [4.69, 9.17) is 5.73 Å². The molecule has 2 aliphatic rings. The fraction of sp³-hybridized carbons (Fsp3) is 0.688. The van der Waals surface area contributed by atoms with Crippen molar-refractivity contribution in [2.45, 2.75) is 44.0 Å². The van der Waals surface area contributed by atoms with E-state index in [1.54, 1.807) is 11.0 Å². The first kappa shape index (κ1) is 17.8. The van der Waals surface area contributed by atoms with Crippen molar-refractivity contribution in [2.24, 2.45) is 11.7 Å². The number of sulfonamides is 1. The number of hydrogen-bond acceptors (Lipinski definition) is 5. The van der Waals surface area contributed by atoms with E-state index in [0.29, 0.717) is 31.1 Å². The second-order valence-electron chi connectivity index (χ2n) is 6.78. The lowest BCUT2D eigenvalue weighted by Crippen LogP contribution is -2.51. The average molecular weight is 372 g/mol. The smallest absolute Gasteiger partial charge is 0.244 e. The Labute approximate surface area is 147 Å². The molecule has 2 N–H and O–H groups in total. The Hall–Kier alpha value is -0.960. The van der Waals surface area contributed by atoms with Crippen LogP contribution in [0, 0.1) is 19.8 Å². The van der Waals surface area contributed by atoms with E-state index in [9.17, 15) is 13.2 Å². The molecule has 24 heavy (non-hydrogen) atoms. The van der Waals surface area contributed by atoms with Crippen LogP contribution >= 0.6 is 11.3 Å². The summed E-state index contributed by atoms with van der Waals surface area (Å²) < 4.78 is 27.1. The standard InChI is InChI=1S/C16H25N3O3S2/c1-11-9-15(12(2)23-11)24(21,22)19-7-5-18(6-8-19)16(20)13-3-4-14(17)10-13/h9,13-14H,3-8,10,17H2,1-2H3. The highest BCUT2D eigenvalue weighted by atomic mass is 32.2. The zero-order chi connectivity index (χ0) is 17.5. The Morgan fingerprint density at radius 1 is 1.21 bits per heavy atom. The highest BCUT2D eigenvalue weighted by Gasteiger charge is 2.35. The summed E-state index contributed by atoms with van der Waals surface area (Å²) in [6.45, 7) is 5.41. The fourth-order valence-corrected chi connectivity index (χ4v) is 6.60. The van der Waals surface area contributed by atoms with Gasteiger partial charge in [-0.1, -0.05) is 0 Å². The van der Waals surface area contributed by atoms with Gasteiger partial charge in [0.05, 0.1) is 4.90 Å². The maximum absolute atomic E-state index is 12.8. The molecule has 2 heterocycles. The number of nitrogens with two attached hydrogens (primary N) is 1. The maximum Gasteiger partial charge on any atom is 0.244 e. The zero-order valence-electron chi connectivity index (χ0n) is 14.2. The van der Waals surface area contributed by atoms with Gasteiger partial charge in [0.1, 0.15) is 0 Å². The van der Waals surface area contributed by atoms with Gasteiger partial charge in [0.25, 0.3) is 0 Å². The van der Waals surface area contributed by atoms with Crippen molar-refractivity contribution < 1.29 is 13.2 Å². The minimum Gasteiger partial charge on any atom is -0.340 e. The van der Waals surface area contributed by atoms with Gasteiger partial charge in [-0.3, -0.25) is 4.79 Å². The second-order valence-corrected chi connectivity index (χ2v) is 10.1. The van der Waals surface area contributed by atoms with Gasteiger partial charge in [-0.15, -0.1) is 11.3 Å². The molecule has 1 aromatic heterocycles. The minimum absolute atomic E-state index is 0.0184.